The van der Waals surface area contributed by atoms with Crippen molar-refractivity contribution in [2.24, 2.45) is 0 Å². The van der Waals surface area contributed by atoms with Crippen LogP contribution in [0.4, 0.5) is 0 Å². The lowest BCUT2D eigenvalue weighted by molar-refractivity contribution is 1.35. The molecule has 0 spiro atoms. The quantitative estimate of drug-likeness (QED) is 0.413. The summed E-state index contributed by atoms with van der Waals surface area (Å²) in [6, 6.07) is 14.9. The molecular weight excluding hydrogens is 324 g/mol. The molecule has 5 aromatic rings. The molecule has 2 N–H and O–H groups in total. The molecule has 0 fully saturated rings. The highest BCUT2D eigenvalue weighted by Crippen LogP contribution is 2.23. The van der Waals surface area contributed by atoms with E-state index in [1.54, 1.807) is 12.1 Å². The summed E-state index contributed by atoms with van der Waals surface area (Å²) in [4.78, 5) is 32.6. The van der Waals surface area contributed by atoms with Gasteiger partial charge in [-0.05, 0) is 55.3 Å². The molecule has 0 bridgehead atoms. The van der Waals surface area contributed by atoms with Crippen LogP contribution in [0.25, 0.3) is 43.6 Å². The van der Waals surface area contributed by atoms with E-state index in [4.69, 9.17) is 0 Å². The van der Waals surface area contributed by atoms with Gasteiger partial charge in [-0.15, -0.1) is 0 Å². The Morgan fingerprint density at radius 1 is 0.654 bits per heavy atom. The Morgan fingerprint density at radius 3 is 2.08 bits per heavy atom. The van der Waals surface area contributed by atoms with Crippen LogP contribution in [0, 0.1) is 13.8 Å². The molecule has 0 saturated heterocycles. The maximum atomic E-state index is 13.1. The van der Waals surface area contributed by atoms with Crippen LogP contribution in [0.3, 0.4) is 0 Å². The first-order valence-corrected chi connectivity index (χ1v) is 8.55. The SMILES string of the molecule is Cc1ccc2[nH]c3cc4c(=O)c5ccccc5[nH]c4cc3c(=O)c2c1C. The molecule has 5 rings (SSSR count). The standard InChI is InChI=1S/C22H16N2O2/c1-11-7-8-17-20(12(11)2)22(26)15-10-18-14(9-19(15)24-17)21(25)13-5-3-4-6-16(13)23-18/h3-10H,1-2H3,(H,23,25)(H,24,26). The Hall–Kier alpha value is -3.40. The van der Waals surface area contributed by atoms with Crippen LogP contribution in [0.1, 0.15) is 11.1 Å². The third kappa shape index (κ3) is 1.90. The van der Waals surface area contributed by atoms with Crippen LogP contribution >= 0.6 is 0 Å². The summed E-state index contributed by atoms with van der Waals surface area (Å²) < 4.78 is 0. The lowest BCUT2D eigenvalue weighted by Crippen LogP contribution is -2.09. The lowest BCUT2D eigenvalue weighted by Gasteiger charge is -2.09. The molecule has 126 valence electrons. The summed E-state index contributed by atoms with van der Waals surface area (Å²) in [5, 5.41) is 2.52. The Kier molecular flexibility index (Phi) is 2.89. The molecular formula is C22H16N2O2. The number of aromatic amines is 2. The molecule has 3 aromatic carbocycles. The van der Waals surface area contributed by atoms with Gasteiger partial charge in [0.25, 0.3) is 0 Å². The molecule has 0 amide bonds. The molecule has 0 aliphatic rings. The van der Waals surface area contributed by atoms with Crippen LogP contribution in [0.2, 0.25) is 0 Å². The number of aromatic nitrogens is 2. The first kappa shape index (κ1) is 14.9. The third-order valence-electron chi connectivity index (χ3n) is 5.32. The maximum Gasteiger partial charge on any atom is 0.197 e. The van der Waals surface area contributed by atoms with Gasteiger partial charge in [0, 0.05) is 27.1 Å². The molecule has 26 heavy (non-hydrogen) atoms. The van der Waals surface area contributed by atoms with Crippen molar-refractivity contribution in [1.29, 1.82) is 0 Å². The normalized spacial score (nSPS) is 11.8. The fourth-order valence-corrected chi connectivity index (χ4v) is 3.75. The van der Waals surface area contributed by atoms with Crippen molar-refractivity contribution in [2.75, 3.05) is 0 Å². The van der Waals surface area contributed by atoms with Gasteiger partial charge in [0.15, 0.2) is 10.9 Å². The fourth-order valence-electron chi connectivity index (χ4n) is 3.75. The maximum absolute atomic E-state index is 13.1. The molecule has 0 saturated carbocycles. The summed E-state index contributed by atoms with van der Waals surface area (Å²) >= 11 is 0. The molecule has 2 aromatic heterocycles. The van der Waals surface area contributed by atoms with Gasteiger partial charge >= 0.3 is 0 Å². The van der Waals surface area contributed by atoms with Crippen molar-refractivity contribution in [3.8, 4) is 0 Å². The van der Waals surface area contributed by atoms with E-state index >= 15 is 0 Å². The zero-order chi connectivity index (χ0) is 18.0. The van der Waals surface area contributed by atoms with Crippen molar-refractivity contribution >= 4 is 43.6 Å². The second kappa shape index (κ2) is 5.05. The Bertz CT molecular complexity index is 1490. The van der Waals surface area contributed by atoms with Crippen LogP contribution < -0.4 is 10.9 Å². The number of nitrogens with one attached hydrogen (secondary N) is 2. The van der Waals surface area contributed by atoms with Gasteiger partial charge in [0.2, 0.25) is 0 Å². The molecule has 0 radical (unpaired) electrons. The lowest BCUT2D eigenvalue weighted by atomic mass is 10.0. The minimum absolute atomic E-state index is 0.00847. The second-order valence-corrected chi connectivity index (χ2v) is 6.83. The van der Waals surface area contributed by atoms with Crippen LogP contribution in [-0.2, 0) is 0 Å². The van der Waals surface area contributed by atoms with E-state index in [2.05, 4.69) is 9.97 Å². The Morgan fingerprint density at radius 2 is 1.31 bits per heavy atom. The first-order valence-electron chi connectivity index (χ1n) is 8.55. The van der Waals surface area contributed by atoms with Gasteiger partial charge < -0.3 is 9.97 Å². The number of pyridine rings is 2. The highest BCUT2D eigenvalue weighted by molar-refractivity contribution is 6.03. The largest absolute Gasteiger partial charge is 0.354 e. The van der Waals surface area contributed by atoms with Gasteiger partial charge in [0.05, 0.1) is 16.6 Å². The number of rotatable bonds is 0. The zero-order valence-corrected chi connectivity index (χ0v) is 14.4. The van der Waals surface area contributed by atoms with Crippen molar-refractivity contribution in [1.82, 2.24) is 9.97 Å². The smallest absolute Gasteiger partial charge is 0.197 e. The average molecular weight is 340 g/mol. The van der Waals surface area contributed by atoms with Crippen LogP contribution in [-0.4, -0.2) is 9.97 Å². The highest BCUT2D eigenvalue weighted by Gasteiger charge is 2.12. The topological polar surface area (TPSA) is 65.7 Å². The van der Waals surface area contributed by atoms with Gasteiger partial charge in [0.1, 0.15) is 0 Å². The van der Waals surface area contributed by atoms with Crippen molar-refractivity contribution < 1.29 is 0 Å². The van der Waals surface area contributed by atoms with Crippen molar-refractivity contribution in [3.63, 3.8) is 0 Å². The Labute approximate surface area is 148 Å². The molecule has 0 aliphatic heterocycles. The number of fused-ring (bicyclic) bond motifs is 4. The summed E-state index contributed by atoms with van der Waals surface area (Å²) in [6.07, 6.45) is 0. The van der Waals surface area contributed by atoms with Crippen molar-refractivity contribution in [2.45, 2.75) is 13.8 Å². The fraction of sp³-hybridized carbons (Fsp3) is 0.0909. The van der Waals surface area contributed by atoms with E-state index in [1.165, 1.54) is 0 Å². The summed E-state index contributed by atoms with van der Waals surface area (Å²) in [7, 11) is 0. The minimum Gasteiger partial charge on any atom is -0.354 e. The van der Waals surface area contributed by atoms with E-state index in [0.717, 1.165) is 22.2 Å². The monoisotopic (exact) mass is 340 g/mol. The van der Waals surface area contributed by atoms with Gasteiger partial charge in [-0.25, -0.2) is 0 Å². The number of hydrogen-bond acceptors (Lipinski definition) is 2. The second-order valence-electron chi connectivity index (χ2n) is 6.83. The van der Waals surface area contributed by atoms with E-state index in [-0.39, 0.29) is 10.9 Å². The predicted octanol–water partition coefficient (Wildman–Crippen LogP) is 4.29. The zero-order valence-electron chi connectivity index (χ0n) is 14.4. The Balaban J connectivity index is 2.03. The summed E-state index contributed by atoms with van der Waals surface area (Å²) in [6.45, 7) is 3.97. The van der Waals surface area contributed by atoms with E-state index < -0.39 is 0 Å². The van der Waals surface area contributed by atoms with Gasteiger partial charge in [-0.2, -0.15) is 0 Å². The first-order chi connectivity index (χ1) is 12.5. The molecule has 0 atom stereocenters. The predicted molar refractivity (Wildman–Crippen MR) is 107 cm³/mol. The molecule has 4 nitrogen and oxygen atoms in total. The molecule has 2 heterocycles. The van der Waals surface area contributed by atoms with Crippen LogP contribution in [0.5, 0.6) is 0 Å². The summed E-state index contributed by atoms with van der Waals surface area (Å²) in [5.74, 6) is 0. The molecule has 4 heteroatoms. The number of hydrogen-bond donors (Lipinski definition) is 2. The number of H-pyrrole nitrogens is 2. The minimum atomic E-state index is -0.0303. The van der Waals surface area contributed by atoms with E-state index in [9.17, 15) is 9.59 Å². The highest BCUT2D eigenvalue weighted by atomic mass is 16.1. The van der Waals surface area contributed by atoms with Gasteiger partial charge in [-0.3, -0.25) is 9.59 Å². The third-order valence-corrected chi connectivity index (χ3v) is 5.32. The number of aryl methyl sites for hydroxylation is 2. The number of para-hydroxylation sites is 1. The van der Waals surface area contributed by atoms with Crippen molar-refractivity contribution in [3.05, 3.63) is 80.1 Å². The molecule has 0 aliphatic carbocycles. The summed E-state index contributed by atoms with van der Waals surface area (Å²) in [5.41, 5.74) is 4.95. The van der Waals surface area contributed by atoms with Crippen LogP contribution in [0.15, 0.2) is 58.1 Å². The van der Waals surface area contributed by atoms with Gasteiger partial charge in [-0.1, -0.05) is 18.2 Å². The average Bonchev–Trinajstić information content (AvgIpc) is 2.64. The number of benzene rings is 3. The van der Waals surface area contributed by atoms with E-state index in [0.29, 0.717) is 32.6 Å². The van der Waals surface area contributed by atoms with E-state index in [1.807, 2.05) is 50.2 Å². The molecule has 0 unspecified atom stereocenters.